The number of benzene rings is 2. The number of carbonyl (C=O) groups excluding carboxylic acids is 3. The molecule has 4 heterocycles. The smallest absolute Gasteiger partial charge is 0.312 e. The summed E-state index contributed by atoms with van der Waals surface area (Å²) < 4.78 is 12.3. The summed E-state index contributed by atoms with van der Waals surface area (Å²) in [6.07, 6.45) is 7.97. The summed E-state index contributed by atoms with van der Waals surface area (Å²) in [4.78, 5) is 45.6. The minimum Gasteiger partial charge on any atom is -0.465 e. The van der Waals surface area contributed by atoms with Crippen molar-refractivity contribution in [3.63, 3.8) is 0 Å². The molecular weight excluding hydrogens is 532 g/mol. The summed E-state index contributed by atoms with van der Waals surface area (Å²) in [5.41, 5.74) is 0.574. The molecule has 2 saturated heterocycles. The number of para-hydroxylation sites is 1. The molecule has 0 aliphatic carbocycles. The minimum absolute atomic E-state index is 0.199. The van der Waals surface area contributed by atoms with Crippen LogP contribution in [0.25, 0.3) is 0 Å². The number of hydrogen-bond acceptors (Lipinski definition) is 6. The number of aryl methyl sites for hydroxylation is 1. The number of nitrogens with zero attached hydrogens (tertiary/aromatic N) is 2. The Morgan fingerprint density at radius 1 is 1.07 bits per heavy atom. The van der Waals surface area contributed by atoms with Crippen molar-refractivity contribution in [1.29, 1.82) is 0 Å². The molecule has 2 fully saturated rings. The SMILES string of the molecule is Cc1cccc(Cl)c1N1CC=C[C@]23O[C@H]4/C=C\CCCOC(=O)[C@H]4[C@H]2C(=O)N([C@H](CO)c2ccccc2)C3C1=O. The number of likely N-dealkylation sites (tertiary alicyclic amines) is 1. The number of halogens is 1. The average molecular weight is 563 g/mol. The molecule has 4 aliphatic rings. The van der Waals surface area contributed by atoms with Gasteiger partial charge in [0.1, 0.15) is 17.6 Å². The van der Waals surface area contributed by atoms with Crippen LogP contribution in [0.5, 0.6) is 0 Å². The first kappa shape index (κ1) is 26.7. The molecule has 208 valence electrons. The Hall–Kier alpha value is -3.46. The zero-order valence-corrected chi connectivity index (χ0v) is 22.9. The second-order valence-corrected chi connectivity index (χ2v) is 11.1. The van der Waals surface area contributed by atoms with E-state index >= 15 is 0 Å². The van der Waals surface area contributed by atoms with Crippen molar-refractivity contribution in [2.24, 2.45) is 11.8 Å². The van der Waals surface area contributed by atoms with Crippen LogP contribution in [0.1, 0.15) is 30.0 Å². The van der Waals surface area contributed by atoms with Gasteiger partial charge in [0.2, 0.25) is 5.91 Å². The van der Waals surface area contributed by atoms with Crippen molar-refractivity contribution in [2.45, 2.75) is 43.6 Å². The maximum atomic E-state index is 14.7. The fourth-order valence-electron chi connectivity index (χ4n) is 6.72. The molecular formula is C31H31ClN2O6. The lowest BCUT2D eigenvalue weighted by Crippen LogP contribution is -2.56. The van der Waals surface area contributed by atoms with E-state index in [9.17, 15) is 19.5 Å². The summed E-state index contributed by atoms with van der Waals surface area (Å²) in [7, 11) is 0. The quantitative estimate of drug-likeness (QED) is 0.450. The van der Waals surface area contributed by atoms with Crippen LogP contribution in [-0.2, 0) is 23.9 Å². The molecule has 0 aromatic heterocycles. The Kier molecular flexibility index (Phi) is 7.02. The summed E-state index contributed by atoms with van der Waals surface area (Å²) in [6, 6.07) is 12.5. The van der Waals surface area contributed by atoms with Gasteiger partial charge in [0.25, 0.3) is 5.91 Å². The molecule has 0 radical (unpaired) electrons. The Labute approximate surface area is 237 Å². The number of rotatable bonds is 4. The standard InChI is InChI=1S/C31H31ClN2O6/c1-19-10-8-13-21(32)26(19)33-16-9-15-31-25(24-23(40-31)14-6-3-7-17-39-30(24)38)28(36)34(27(31)29(33)37)22(18-35)20-11-4-2-5-12-20/h2,4-6,8-15,22-25,27,35H,3,7,16-18H2,1H3/b14-6-/t22-,23+,24-,25+,27?,31+/m1/s1. The Morgan fingerprint density at radius 3 is 2.62 bits per heavy atom. The predicted octanol–water partition coefficient (Wildman–Crippen LogP) is 3.76. The van der Waals surface area contributed by atoms with Gasteiger partial charge in [0.15, 0.2) is 0 Å². The lowest BCUT2D eigenvalue weighted by atomic mass is 9.78. The Morgan fingerprint density at radius 2 is 1.88 bits per heavy atom. The number of aliphatic hydroxyl groups is 1. The van der Waals surface area contributed by atoms with Crippen LogP contribution >= 0.6 is 11.6 Å². The number of aliphatic hydroxyl groups excluding tert-OH is 1. The van der Waals surface area contributed by atoms with Crippen LogP contribution in [0.4, 0.5) is 5.69 Å². The van der Waals surface area contributed by atoms with Gasteiger partial charge in [-0.3, -0.25) is 14.4 Å². The largest absolute Gasteiger partial charge is 0.465 e. The maximum absolute atomic E-state index is 14.7. The van der Waals surface area contributed by atoms with Gasteiger partial charge in [-0.25, -0.2) is 0 Å². The van der Waals surface area contributed by atoms with Gasteiger partial charge in [-0.15, -0.1) is 0 Å². The van der Waals surface area contributed by atoms with Crippen molar-refractivity contribution in [2.75, 3.05) is 24.7 Å². The first-order valence-electron chi connectivity index (χ1n) is 13.6. The molecule has 6 rings (SSSR count). The van der Waals surface area contributed by atoms with Crippen LogP contribution < -0.4 is 4.90 Å². The van der Waals surface area contributed by atoms with Crippen LogP contribution in [0, 0.1) is 18.8 Å². The highest BCUT2D eigenvalue weighted by atomic mass is 35.5. The zero-order chi connectivity index (χ0) is 28.0. The lowest BCUT2D eigenvalue weighted by molar-refractivity contribution is -0.155. The molecule has 9 heteroatoms. The number of amides is 2. The van der Waals surface area contributed by atoms with Crippen molar-refractivity contribution in [3.8, 4) is 0 Å². The van der Waals surface area contributed by atoms with Crippen molar-refractivity contribution < 1.29 is 29.0 Å². The van der Waals surface area contributed by atoms with E-state index in [4.69, 9.17) is 21.1 Å². The summed E-state index contributed by atoms with van der Waals surface area (Å²) in [6.45, 7) is 1.89. The third-order valence-corrected chi connectivity index (χ3v) is 8.75. The highest BCUT2D eigenvalue weighted by Crippen LogP contribution is 2.55. The molecule has 2 amide bonds. The summed E-state index contributed by atoms with van der Waals surface area (Å²) >= 11 is 6.61. The number of anilines is 1. The molecule has 2 aromatic carbocycles. The van der Waals surface area contributed by atoms with E-state index in [2.05, 4.69) is 0 Å². The monoisotopic (exact) mass is 562 g/mol. The molecule has 4 aliphatic heterocycles. The second-order valence-electron chi connectivity index (χ2n) is 10.7. The molecule has 6 atom stereocenters. The number of cyclic esters (lactones) is 1. The molecule has 0 bridgehead atoms. The number of ether oxygens (including phenoxy) is 2. The van der Waals surface area contributed by atoms with Crippen molar-refractivity contribution in [3.05, 3.63) is 89.0 Å². The van der Waals surface area contributed by atoms with Crippen LogP contribution in [0.3, 0.4) is 0 Å². The van der Waals surface area contributed by atoms with Crippen LogP contribution in [0.15, 0.2) is 72.8 Å². The fourth-order valence-corrected chi connectivity index (χ4v) is 7.05. The number of esters is 1. The molecule has 1 spiro atoms. The first-order chi connectivity index (χ1) is 19.4. The van der Waals surface area contributed by atoms with E-state index in [1.165, 1.54) is 4.90 Å². The average Bonchev–Trinajstić information content (AvgIpc) is 3.36. The normalized spacial score (nSPS) is 31.3. The third kappa shape index (κ3) is 4.08. The van der Waals surface area contributed by atoms with Gasteiger partial charge >= 0.3 is 5.97 Å². The topological polar surface area (TPSA) is 96.4 Å². The van der Waals surface area contributed by atoms with Crippen molar-refractivity contribution >= 4 is 35.1 Å². The van der Waals surface area contributed by atoms with Gasteiger partial charge < -0.3 is 24.4 Å². The van der Waals surface area contributed by atoms with E-state index in [0.29, 0.717) is 29.1 Å². The highest BCUT2D eigenvalue weighted by Gasteiger charge is 2.72. The number of allylic oxidation sites excluding steroid dienone is 1. The number of hydrogen-bond donors (Lipinski definition) is 1. The molecule has 0 saturated carbocycles. The Balaban J connectivity index is 1.54. The van der Waals surface area contributed by atoms with Gasteiger partial charge in [0, 0.05) is 6.54 Å². The molecule has 40 heavy (non-hydrogen) atoms. The third-order valence-electron chi connectivity index (χ3n) is 8.44. The highest BCUT2D eigenvalue weighted by molar-refractivity contribution is 6.34. The van der Waals surface area contributed by atoms with Crippen LogP contribution in [0.2, 0.25) is 5.02 Å². The van der Waals surface area contributed by atoms with E-state index in [1.807, 2.05) is 61.5 Å². The Bertz CT molecular complexity index is 1370. The second kappa shape index (κ2) is 10.5. The molecule has 1 unspecified atom stereocenters. The van der Waals surface area contributed by atoms with Gasteiger partial charge in [0.05, 0.1) is 42.0 Å². The van der Waals surface area contributed by atoms with Gasteiger partial charge in [-0.05, 0) is 37.0 Å². The van der Waals surface area contributed by atoms with Gasteiger partial charge in [-0.1, -0.05) is 78.4 Å². The van der Waals surface area contributed by atoms with E-state index in [1.54, 1.807) is 23.1 Å². The number of fused-ring (bicyclic) bond motifs is 2. The van der Waals surface area contributed by atoms with Gasteiger partial charge in [-0.2, -0.15) is 0 Å². The number of carbonyl (C=O) groups is 3. The first-order valence-corrected chi connectivity index (χ1v) is 14.0. The predicted molar refractivity (Wildman–Crippen MR) is 149 cm³/mol. The van der Waals surface area contributed by atoms with Crippen LogP contribution in [-0.4, -0.2) is 65.3 Å². The zero-order valence-electron chi connectivity index (χ0n) is 22.1. The lowest BCUT2D eigenvalue weighted by Gasteiger charge is -2.39. The summed E-state index contributed by atoms with van der Waals surface area (Å²) in [5, 5.41) is 11.0. The minimum atomic E-state index is -1.45. The van der Waals surface area contributed by atoms with E-state index < -0.39 is 60.0 Å². The fraction of sp³-hybridized carbons (Fsp3) is 0.387. The maximum Gasteiger partial charge on any atom is 0.312 e. The van der Waals surface area contributed by atoms with E-state index in [0.717, 1.165) is 5.56 Å². The van der Waals surface area contributed by atoms with E-state index in [-0.39, 0.29) is 13.2 Å². The molecule has 8 nitrogen and oxygen atoms in total. The van der Waals surface area contributed by atoms with Crippen molar-refractivity contribution in [1.82, 2.24) is 4.90 Å². The summed E-state index contributed by atoms with van der Waals surface area (Å²) in [5.74, 6) is -3.29. The molecule has 1 N–H and O–H groups in total. The molecule has 2 aromatic rings.